The van der Waals surface area contributed by atoms with E-state index in [0.717, 1.165) is 58.1 Å². The molecular weight excluding hydrogens is 526 g/mol. The normalized spacial score (nSPS) is 15.0. The molecule has 1 unspecified atom stereocenters. The highest BCUT2D eigenvalue weighted by atomic mass is 16.3. The summed E-state index contributed by atoms with van der Waals surface area (Å²) in [5, 5.41) is 20.8. The number of hydrogen-bond acceptors (Lipinski definition) is 5. The number of aliphatic hydroxyl groups is 1. The summed E-state index contributed by atoms with van der Waals surface area (Å²) >= 11 is 0. The molecule has 0 saturated heterocycles. The van der Waals surface area contributed by atoms with Crippen molar-refractivity contribution in [2.45, 2.75) is 50.2 Å². The molecule has 1 saturated carbocycles. The van der Waals surface area contributed by atoms with Crippen molar-refractivity contribution < 1.29 is 9.90 Å². The van der Waals surface area contributed by atoms with Crippen molar-refractivity contribution >= 4 is 22.5 Å². The topological polar surface area (TPSA) is 112 Å². The van der Waals surface area contributed by atoms with E-state index in [9.17, 15) is 14.7 Å². The lowest BCUT2D eigenvalue weighted by Crippen LogP contribution is -2.50. The second kappa shape index (κ2) is 11.5. The zero-order chi connectivity index (χ0) is 29.1. The van der Waals surface area contributed by atoms with Crippen LogP contribution in [0.15, 0.2) is 89.9 Å². The van der Waals surface area contributed by atoms with Gasteiger partial charge in [0, 0.05) is 35.2 Å². The number of amides is 1. The molecular formula is C34H31N5O3. The highest BCUT2D eigenvalue weighted by Crippen LogP contribution is 2.42. The third-order valence-electron chi connectivity index (χ3n) is 8.03. The average molecular weight is 558 g/mol. The lowest BCUT2D eigenvalue weighted by Gasteiger charge is -2.43. The fraction of sp³-hybridized carbons (Fsp3) is 0.235. The first kappa shape index (κ1) is 27.2. The van der Waals surface area contributed by atoms with Crippen molar-refractivity contribution in [2.24, 2.45) is 0 Å². The van der Waals surface area contributed by atoms with Gasteiger partial charge in [-0.2, -0.15) is 5.10 Å². The minimum atomic E-state index is -0.695. The summed E-state index contributed by atoms with van der Waals surface area (Å²) in [6.45, 7) is 0. The Bertz CT molecular complexity index is 1880. The van der Waals surface area contributed by atoms with E-state index in [1.165, 1.54) is 16.6 Å². The molecule has 3 aromatic heterocycles. The summed E-state index contributed by atoms with van der Waals surface area (Å²) in [7, 11) is 0. The van der Waals surface area contributed by atoms with Crippen LogP contribution in [0.2, 0.25) is 0 Å². The number of terminal acetylenes is 1. The Morgan fingerprint density at radius 3 is 2.64 bits per heavy atom. The molecule has 210 valence electrons. The summed E-state index contributed by atoms with van der Waals surface area (Å²) in [5.74, 6) is 2.34. The number of aliphatic hydroxyl groups excluding tert-OH is 1. The van der Waals surface area contributed by atoms with Crippen LogP contribution in [0.4, 0.5) is 0 Å². The summed E-state index contributed by atoms with van der Waals surface area (Å²) in [6, 6.07) is 22.1. The molecule has 0 aliphatic heterocycles. The number of hydrogen-bond donors (Lipinski definition) is 3. The van der Waals surface area contributed by atoms with Crippen LogP contribution in [0, 0.1) is 12.3 Å². The standard InChI is InChI=1S/C34H31N5O3/c1-2-3-5-11-26(40)16-17-30(41)36-34(19-8-20-34)25-14-12-24(13-15-25)31-27(23-9-6-4-7-10-23)22-28-29(35-31)18-21-39-32(28)37-38-33(39)42/h1,4,6-7,9-10,12-18,21-22,26,40H,3,5,8,11,19-20H2,(H,36,41)(H,38,42)/b17-16+. The Morgan fingerprint density at radius 1 is 1.14 bits per heavy atom. The molecule has 1 aliphatic rings. The number of aromatic amines is 1. The average Bonchev–Trinajstić information content (AvgIpc) is 3.39. The minimum Gasteiger partial charge on any atom is -0.389 e. The molecule has 0 spiro atoms. The van der Waals surface area contributed by atoms with E-state index in [1.807, 2.05) is 54.6 Å². The summed E-state index contributed by atoms with van der Waals surface area (Å²) < 4.78 is 1.48. The van der Waals surface area contributed by atoms with Crippen LogP contribution in [-0.4, -0.2) is 36.7 Å². The second-order valence-corrected chi connectivity index (χ2v) is 10.7. The zero-order valence-electron chi connectivity index (χ0n) is 23.1. The maximum absolute atomic E-state index is 12.8. The van der Waals surface area contributed by atoms with Crippen LogP contribution in [0.5, 0.6) is 0 Å². The van der Waals surface area contributed by atoms with Gasteiger partial charge in [-0.25, -0.2) is 19.3 Å². The molecule has 8 nitrogen and oxygen atoms in total. The fourth-order valence-electron chi connectivity index (χ4n) is 5.62. The van der Waals surface area contributed by atoms with Gasteiger partial charge in [0.1, 0.15) is 0 Å². The van der Waals surface area contributed by atoms with E-state index < -0.39 is 11.6 Å². The Labute approximate surface area is 243 Å². The first-order chi connectivity index (χ1) is 20.5. The SMILES string of the molecule is C#CCCCC(O)/C=C/C(=O)NC1(c2ccc(-c3nc4ccn5c(=O)[nH]nc5c4cc3-c3ccccc3)cc2)CCC1. The second-order valence-electron chi connectivity index (χ2n) is 10.7. The van der Waals surface area contributed by atoms with Gasteiger partial charge in [0.15, 0.2) is 5.65 Å². The molecule has 1 aliphatic carbocycles. The Balaban J connectivity index is 1.31. The molecule has 0 bridgehead atoms. The molecule has 1 amide bonds. The zero-order valence-corrected chi connectivity index (χ0v) is 23.1. The summed E-state index contributed by atoms with van der Waals surface area (Å²) in [4.78, 5) is 30.0. The number of H-pyrrole nitrogens is 1. The molecule has 1 atom stereocenters. The molecule has 42 heavy (non-hydrogen) atoms. The van der Waals surface area contributed by atoms with Crippen LogP contribution in [0.3, 0.4) is 0 Å². The van der Waals surface area contributed by atoms with Crippen LogP contribution >= 0.6 is 0 Å². The van der Waals surface area contributed by atoms with Gasteiger partial charge >= 0.3 is 5.69 Å². The van der Waals surface area contributed by atoms with E-state index in [-0.39, 0.29) is 11.6 Å². The number of carbonyl (C=O) groups is 1. The smallest absolute Gasteiger partial charge is 0.347 e. The van der Waals surface area contributed by atoms with E-state index in [2.05, 4.69) is 33.6 Å². The van der Waals surface area contributed by atoms with Gasteiger partial charge in [0.2, 0.25) is 5.91 Å². The highest BCUT2D eigenvalue weighted by molar-refractivity contribution is 5.98. The van der Waals surface area contributed by atoms with Crippen LogP contribution in [0.1, 0.15) is 44.1 Å². The first-order valence-electron chi connectivity index (χ1n) is 14.2. The van der Waals surface area contributed by atoms with E-state index in [1.54, 1.807) is 6.20 Å². The van der Waals surface area contributed by atoms with Crippen molar-refractivity contribution in [3.63, 3.8) is 0 Å². The molecule has 8 heteroatoms. The van der Waals surface area contributed by atoms with Gasteiger partial charge in [-0.15, -0.1) is 12.3 Å². The van der Waals surface area contributed by atoms with Crippen molar-refractivity contribution in [1.82, 2.24) is 24.9 Å². The fourth-order valence-corrected chi connectivity index (χ4v) is 5.62. The predicted octanol–water partition coefficient (Wildman–Crippen LogP) is 5.12. The lowest BCUT2D eigenvalue weighted by molar-refractivity contribution is -0.119. The third kappa shape index (κ3) is 5.22. The maximum atomic E-state index is 12.8. The molecule has 3 N–H and O–H groups in total. The van der Waals surface area contributed by atoms with E-state index in [4.69, 9.17) is 11.4 Å². The van der Waals surface area contributed by atoms with E-state index >= 15 is 0 Å². The molecule has 6 rings (SSSR count). The number of nitrogens with zero attached hydrogens (tertiary/aromatic N) is 3. The number of nitrogens with one attached hydrogen (secondary N) is 2. The first-order valence-corrected chi connectivity index (χ1v) is 14.2. The molecule has 5 aromatic rings. The number of pyridine rings is 2. The highest BCUT2D eigenvalue weighted by Gasteiger charge is 2.39. The van der Waals surface area contributed by atoms with Crippen LogP contribution in [0.25, 0.3) is 38.9 Å². The quantitative estimate of drug-likeness (QED) is 0.132. The largest absolute Gasteiger partial charge is 0.389 e. The monoisotopic (exact) mass is 557 g/mol. The molecule has 2 aromatic carbocycles. The van der Waals surface area contributed by atoms with E-state index in [0.29, 0.717) is 24.9 Å². The Morgan fingerprint density at radius 2 is 1.93 bits per heavy atom. The predicted molar refractivity (Wildman–Crippen MR) is 163 cm³/mol. The number of carbonyl (C=O) groups excluding carboxylic acids is 1. The van der Waals surface area contributed by atoms with Crippen molar-refractivity contribution in [3.8, 4) is 34.7 Å². The van der Waals surface area contributed by atoms with Crippen LogP contribution in [-0.2, 0) is 10.3 Å². The van der Waals surface area contributed by atoms with Gasteiger partial charge in [-0.05, 0) is 55.4 Å². The van der Waals surface area contributed by atoms with Crippen molar-refractivity contribution in [1.29, 1.82) is 0 Å². The third-order valence-corrected chi connectivity index (χ3v) is 8.03. The molecule has 3 heterocycles. The van der Waals surface area contributed by atoms with Gasteiger partial charge in [-0.3, -0.25) is 4.79 Å². The number of fused-ring (bicyclic) bond motifs is 3. The Kier molecular flexibility index (Phi) is 7.43. The minimum absolute atomic E-state index is 0.221. The number of unbranched alkanes of at least 4 members (excludes halogenated alkanes) is 1. The van der Waals surface area contributed by atoms with Crippen LogP contribution < -0.4 is 11.0 Å². The van der Waals surface area contributed by atoms with Gasteiger partial charge in [0.25, 0.3) is 0 Å². The van der Waals surface area contributed by atoms with Gasteiger partial charge in [0.05, 0.1) is 22.9 Å². The lowest BCUT2D eigenvalue weighted by atomic mass is 9.71. The van der Waals surface area contributed by atoms with Crippen molar-refractivity contribution in [2.75, 3.05) is 0 Å². The van der Waals surface area contributed by atoms with Gasteiger partial charge < -0.3 is 10.4 Å². The number of aromatic nitrogens is 4. The molecule has 1 fully saturated rings. The van der Waals surface area contributed by atoms with Crippen molar-refractivity contribution in [3.05, 3.63) is 101 Å². The summed E-state index contributed by atoms with van der Waals surface area (Å²) in [5.41, 5.74) is 5.25. The molecule has 0 radical (unpaired) electrons. The summed E-state index contributed by atoms with van der Waals surface area (Å²) in [6.07, 6.45) is 13.8. The van der Waals surface area contributed by atoms with Gasteiger partial charge in [-0.1, -0.05) is 60.7 Å². The Hall–Kier alpha value is -5.00. The maximum Gasteiger partial charge on any atom is 0.347 e. The number of rotatable bonds is 9. The number of benzene rings is 2.